The van der Waals surface area contributed by atoms with Crippen molar-refractivity contribution in [3.05, 3.63) is 33.4 Å². The minimum atomic E-state index is 0.692. The Labute approximate surface area is 88.0 Å². The van der Waals surface area contributed by atoms with Crippen molar-refractivity contribution in [2.24, 2.45) is 0 Å². The molecule has 0 aromatic heterocycles. The molecule has 0 spiro atoms. The maximum Gasteiger partial charge on any atom is 0.110 e. The standard InChI is InChI=1S/C7H6I2O/c8-7-3-1-2-6(4-7)5-10-9/h1-4H,5H2. The van der Waals surface area contributed by atoms with Gasteiger partial charge in [-0.05, 0) is 40.3 Å². The van der Waals surface area contributed by atoms with E-state index in [1.54, 1.807) is 0 Å². The van der Waals surface area contributed by atoms with E-state index in [4.69, 9.17) is 3.07 Å². The van der Waals surface area contributed by atoms with E-state index in [2.05, 4.69) is 40.8 Å². The molecule has 54 valence electrons. The predicted molar refractivity (Wildman–Crippen MR) is 58.0 cm³/mol. The number of rotatable bonds is 2. The molecule has 0 unspecified atom stereocenters. The Morgan fingerprint density at radius 1 is 1.40 bits per heavy atom. The van der Waals surface area contributed by atoms with Crippen molar-refractivity contribution in [1.29, 1.82) is 0 Å². The Morgan fingerprint density at radius 3 is 2.80 bits per heavy atom. The molecule has 0 saturated carbocycles. The van der Waals surface area contributed by atoms with Crippen molar-refractivity contribution in [1.82, 2.24) is 0 Å². The normalized spacial score (nSPS) is 9.80. The molecule has 0 amide bonds. The molecule has 0 aliphatic heterocycles. The minimum absolute atomic E-state index is 0.692. The summed E-state index contributed by atoms with van der Waals surface area (Å²) in [6.45, 7) is 0.692. The maximum absolute atomic E-state index is 4.95. The van der Waals surface area contributed by atoms with E-state index in [0.29, 0.717) is 6.61 Å². The molecule has 0 radical (unpaired) electrons. The SMILES string of the molecule is IOCc1cccc(I)c1. The van der Waals surface area contributed by atoms with Gasteiger partial charge >= 0.3 is 0 Å². The van der Waals surface area contributed by atoms with E-state index in [9.17, 15) is 0 Å². The second kappa shape index (κ2) is 4.50. The molecule has 0 N–H and O–H groups in total. The zero-order chi connectivity index (χ0) is 7.40. The predicted octanol–water partition coefficient (Wildman–Crippen LogP) is 3.16. The van der Waals surface area contributed by atoms with E-state index in [0.717, 1.165) is 0 Å². The highest BCUT2D eigenvalue weighted by atomic mass is 127. The number of hydrogen-bond acceptors (Lipinski definition) is 1. The molecule has 0 aliphatic carbocycles. The molecule has 0 heterocycles. The Bertz CT molecular complexity index is 213. The van der Waals surface area contributed by atoms with Gasteiger partial charge in [0.05, 0.1) is 6.61 Å². The lowest BCUT2D eigenvalue weighted by Gasteiger charge is -1.96. The van der Waals surface area contributed by atoms with Gasteiger partial charge in [-0.3, -0.25) is 0 Å². The first-order valence-corrected chi connectivity index (χ1v) is 4.77. The maximum atomic E-state index is 4.95. The van der Waals surface area contributed by atoms with Crippen LogP contribution in [0.4, 0.5) is 0 Å². The molecule has 0 atom stereocenters. The van der Waals surface area contributed by atoms with Crippen LogP contribution in [0.25, 0.3) is 0 Å². The van der Waals surface area contributed by atoms with Crippen LogP contribution >= 0.6 is 45.6 Å². The third-order valence-corrected chi connectivity index (χ3v) is 2.09. The molecule has 1 nitrogen and oxygen atoms in total. The van der Waals surface area contributed by atoms with Gasteiger partial charge in [0.2, 0.25) is 0 Å². The van der Waals surface area contributed by atoms with Gasteiger partial charge in [-0.2, -0.15) is 0 Å². The van der Waals surface area contributed by atoms with E-state index in [-0.39, 0.29) is 0 Å². The third-order valence-electron chi connectivity index (χ3n) is 1.11. The second-order valence-electron chi connectivity index (χ2n) is 1.88. The van der Waals surface area contributed by atoms with E-state index in [1.165, 1.54) is 9.13 Å². The van der Waals surface area contributed by atoms with Gasteiger partial charge in [0.25, 0.3) is 0 Å². The topological polar surface area (TPSA) is 9.23 Å². The fraction of sp³-hybridized carbons (Fsp3) is 0.143. The average molecular weight is 360 g/mol. The van der Waals surface area contributed by atoms with Crippen LogP contribution < -0.4 is 0 Å². The van der Waals surface area contributed by atoms with Gasteiger partial charge in [-0.15, -0.1) is 0 Å². The lowest BCUT2D eigenvalue weighted by atomic mass is 10.2. The van der Waals surface area contributed by atoms with Crippen molar-refractivity contribution in [2.45, 2.75) is 6.61 Å². The molecule has 1 aromatic rings. The van der Waals surface area contributed by atoms with Crippen molar-refractivity contribution in [3.8, 4) is 0 Å². The summed E-state index contributed by atoms with van der Waals surface area (Å²) in [5, 5.41) is 0. The van der Waals surface area contributed by atoms with E-state index < -0.39 is 0 Å². The molecule has 10 heavy (non-hydrogen) atoms. The monoisotopic (exact) mass is 360 g/mol. The molecule has 3 heteroatoms. The fourth-order valence-electron chi connectivity index (χ4n) is 0.690. The van der Waals surface area contributed by atoms with Gasteiger partial charge < -0.3 is 3.07 Å². The van der Waals surface area contributed by atoms with Crippen molar-refractivity contribution >= 4 is 45.6 Å². The van der Waals surface area contributed by atoms with Gasteiger partial charge in [0, 0.05) is 3.57 Å². The number of benzene rings is 1. The highest BCUT2D eigenvalue weighted by molar-refractivity contribution is 14.1. The number of hydrogen-bond donors (Lipinski definition) is 0. The summed E-state index contributed by atoms with van der Waals surface area (Å²) in [6, 6.07) is 8.27. The largest absolute Gasteiger partial charge is 0.311 e. The van der Waals surface area contributed by atoms with E-state index in [1.807, 2.05) is 29.1 Å². The van der Waals surface area contributed by atoms with Gasteiger partial charge in [0.1, 0.15) is 23.0 Å². The molecule has 1 rings (SSSR count). The highest BCUT2D eigenvalue weighted by Gasteiger charge is 1.91. The zero-order valence-electron chi connectivity index (χ0n) is 5.18. The summed E-state index contributed by atoms with van der Waals surface area (Å²) in [5.74, 6) is 0. The summed E-state index contributed by atoms with van der Waals surface area (Å²) in [5.41, 5.74) is 1.22. The lowest BCUT2D eigenvalue weighted by molar-refractivity contribution is 0.418. The molecule has 0 saturated heterocycles. The first-order chi connectivity index (χ1) is 4.83. The molecule has 0 aliphatic rings. The van der Waals surface area contributed by atoms with Crippen molar-refractivity contribution in [3.63, 3.8) is 0 Å². The summed E-state index contributed by atoms with van der Waals surface area (Å²) in [4.78, 5) is 0. The average Bonchev–Trinajstić information content (AvgIpc) is 1.88. The smallest absolute Gasteiger partial charge is 0.110 e. The van der Waals surface area contributed by atoms with Gasteiger partial charge in [0.15, 0.2) is 0 Å². The fourth-order valence-corrected chi connectivity index (χ4v) is 1.66. The van der Waals surface area contributed by atoms with Crippen LogP contribution in [-0.2, 0) is 9.67 Å². The van der Waals surface area contributed by atoms with Crippen LogP contribution in [0.5, 0.6) is 0 Å². The summed E-state index contributed by atoms with van der Waals surface area (Å²) in [7, 11) is 0. The van der Waals surface area contributed by atoms with E-state index >= 15 is 0 Å². The Balaban J connectivity index is 2.75. The molecular formula is C7H6I2O. The zero-order valence-corrected chi connectivity index (χ0v) is 9.50. The van der Waals surface area contributed by atoms with Crippen LogP contribution in [0.1, 0.15) is 5.56 Å². The Hall–Kier alpha value is 0.640. The third kappa shape index (κ3) is 2.71. The quantitative estimate of drug-likeness (QED) is 0.737. The Kier molecular flexibility index (Phi) is 3.93. The Morgan fingerprint density at radius 2 is 2.20 bits per heavy atom. The lowest BCUT2D eigenvalue weighted by Crippen LogP contribution is -1.82. The molecule has 1 aromatic carbocycles. The van der Waals surface area contributed by atoms with Gasteiger partial charge in [-0.1, -0.05) is 12.1 Å². The van der Waals surface area contributed by atoms with Crippen LogP contribution in [0.15, 0.2) is 24.3 Å². The molecule has 0 fully saturated rings. The minimum Gasteiger partial charge on any atom is -0.311 e. The second-order valence-corrected chi connectivity index (χ2v) is 3.75. The highest BCUT2D eigenvalue weighted by Crippen LogP contribution is 2.09. The van der Waals surface area contributed by atoms with Crippen LogP contribution in [-0.4, -0.2) is 0 Å². The first kappa shape index (κ1) is 8.73. The molecule has 0 bridgehead atoms. The van der Waals surface area contributed by atoms with Gasteiger partial charge in [-0.25, -0.2) is 0 Å². The summed E-state index contributed by atoms with van der Waals surface area (Å²) < 4.78 is 6.20. The number of halogens is 2. The van der Waals surface area contributed by atoms with Crippen LogP contribution in [0.2, 0.25) is 0 Å². The van der Waals surface area contributed by atoms with Crippen LogP contribution in [0.3, 0.4) is 0 Å². The summed E-state index contributed by atoms with van der Waals surface area (Å²) >= 11 is 4.19. The van der Waals surface area contributed by atoms with Crippen molar-refractivity contribution < 1.29 is 3.07 Å². The summed E-state index contributed by atoms with van der Waals surface area (Å²) in [6.07, 6.45) is 0. The van der Waals surface area contributed by atoms with Crippen LogP contribution in [0, 0.1) is 3.57 Å². The van der Waals surface area contributed by atoms with Crippen molar-refractivity contribution in [2.75, 3.05) is 0 Å². The first-order valence-electron chi connectivity index (χ1n) is 2.81. The molecular weight excluding hydrogens is 354 g/mol.